The van der Waals surface area contributed by atoms with Crippen LogP contribution in [0.15, 0.2) is 23.4 Å². The molecule has 0 spiro atoms. The summed E-state index contributed by atoms with van der Waals surface area (Å²) >= 11 is 0. The Balaban J connectivity index is 2.93. The average Bonchev–Trinajstić information content (AvgIpc) is 2.55. The number of aromatic nitrogens is 2. The standard InChI is InChI=1S/C11H13FN2O2S/c1-7(2)10-11(17(12,15)16)14-6-8(3)4-5-9(14)13-10/h4-7H,1-3H3. The number of imidazole rings is 1. The van der Waals surface area contributed by atoms with Crippen LogP contribution in [0.3, 0.4) is 0 Å². The van der Waals surface area contributed by atoms with Crippen LogP contribution in [0.25, 0.3) is 5.65 Å². The lowest BCUT2D eigenvalue weighted by Crippen LogP contribution is -2.03. The summed E-state index contributed by atoms with van der Waals surface area (Å²) in [5.41, 5.74) is 1.55. The molecular weight excluding hydrogens is 243 g/mol. The Kier molecular flexibility index (Phi) is 2.69. The van der Waals surface area contributed by atoms with Crippen molar-refractivity contribution in [1.82, 2.24) is 9.38 Å². The first-order valence-electron chi connectivity index (χ1n) is 5.24. The van der Waals surface area contributed by atoms with Gasteiger partial charge in [-0.3, -0.25) is 4.40 Å². The maximum absolute atomic E-state index is 13.3. The molecule has 0 saturated carbocycles. The second kappa shape index (κ2) is 3.80. The maximum Gasteiger partial charge on any atom is 0.350 e. The van der Waals surface area contributed by atoms with Crippen molar-refractivity contribution in [3.05, 3.63) is 29.6 Å². The first-order chi connectivity index (χ1) is 7.80. The Morgan fingerprint density at radius 3 is 2.53 bits per heavy atom. The van der Waals surface area contributed by atoms with Crippen molar-refractivity contribution >= 4 is 15.9 Å². The molecule has 0 bridgehead atoms. The van der Waals surface area contributed by atoms with Crippen LogP contribution in [-0.2, 0) is 10.2 Å². The van der Waals surface area contributed by atoms with Gasteiger partial charge in [-0.15, -0.1) is 0 Å². The lowest BCUT2D eigenvalue weighted by atomic mass is 10.2. The SMILES string of the molecule is Cc1ccc2nc(C(C)C)c(S(=O)(=O)F)n2c1. The smallest absolute Gasteiger partial charge is 0.288 e. The molecule has 2 aromatic heterocycles. The zero-order valence-electron chi connectivity index (χ0n) is 9.81. The molecular formula is C11H13FN2O2S. The molecule has 0 fully saturated rings. The van der Waals surface area contributed by atoms with E-state index in [4.69, 9.17) is 0 Å². The molecule has 2 aromatic rings. The normalized spacial score (nSPS) is 12.5. The van der Waals surface area contributed by atoms with Gasteiger partial charge in [-0.2, -0.15) is 8.42 Å². The fourth-order valence-corrected chi connectivity index (χ4v) is 2.68. The zero-order valence-corrected chi connectivity index (χ0v) is 10.6. The second-order valence-corrected chi connectivity index (χ2v) is 5.59. The van der Waals surface area contributed by atoms with E-state index in [2.05, 4.69) is 4.98 Å². The van der Waals surface area contributed by atoms with Crippen molar-refractivity contribution in [2.24, 2.45) is 0 Å². The molecule has 4 nitrogen and oxygen atoms in total. The monoisotopic (exact) mass is 256 g/mol. The van der Waals surface area contributed by atoms with Crippen LogP contribution in [0.5, 0.6) is 0 Å². The highest BCUT2D eigenvalue weighted by molar-refractivity contribution is 7.86. The summed E-state index contributed by atoms with van der Waals surface area (Å²) in [7, 11) is -4.78. The van der Waals surface area contributed by atoms with Gasteiger partial charge in [0.15, 0.2) is 5.03 Å². The van der Waals surface area contributed by atoms with Crippen molar-refractivity contribution in [2.75, 3.05) is 0 Å². The zero-order chi connectivity index (χ0) is 12.8. The molecule has 17 heavy (non-hydrogen) atoms. The number of hydrogen-bond acceptors (Lipinski definition) is 3. The van der Waals surface area contributed by atoms with E-state index in [-0.39, 0.29) is 16.6 Å². The first-order valence-corrected chi connectivity index (χ1v) is 6.62. The molecule has 0 N–H and O–H groups in total. The van der Waals surface area contributed by atoms with E-state index in [1.807, 2.05) is 6.92 Å². The Morgan fingerprint density at radius 1 is 1.35 bits per heavy atom. The minimum absolute atomic E-state index is 0.157. The van der Waals surface area contributed by atoms with Gasteiger partial charge in [0.1, 0.15) is 5.65 Å². The predicted octanol–water partition coefficient (Wildman–Crippen LogP) is 2.42. The third-order valence-corrected chi connectivity index (χ3v) is 3.39. The summed E-state index contributed by atoms with van der Waals surface area (Å²) < 4.78 is 37.1. The van der Waals surface area contributed by atoms with Crippen LogP contribution in [0, 0.1) is 6.92 Å². The Bertz CT molecular complexity index is 674. The lowest BCUT2D eigenvalue weighted by Gasteiger charge is -2.03. The summed E-state index contributed by atoms with van der Waals surface area (Å²) in [4.78, 5) is 4.16. The summed E-state index contributed by atoms with van der Waals surface area (Å²) in [5.74, 6) is -0.157. The number of rotatable bonds is 2. The molecule has 0 amide bonds. The molecule has 2 rings (SSSR count). The molecule has 92 valence electrons. The summed E-state index contributed by atoms with van der Waals surface area (Å²) in [6.45, 7) is 5.37. The molecule has 0 radical (unpaired) electrons. The van der Waals surface area contributed by atoms with Gasteiger partial charge in [0.2, 0.25) is 0 Å². The van der Waals surface area contributed by atoms with Gasteiger partial charge in [0.05, 0.1) is 5.69 Å². The number of aryl methyl sites for hydroxylation is 1. The molecule has 0 unspecified atom stereocenters. The minimum atomic E-state index is -4.78. The van der Waals surface area contributed by atoms with Crippen molar-refractivity contribution in [2.45, 2.75) is 31.7 Å². The Labute approximate surface area is 99.3 Å². The van der Waals surface area contributed by atoms with Gasteiger partial charge < -0.3 is 0 Å². The van der Waals surface area contributed by atoms with Crippen LogP contribution in [0.1, 0.15) is 31.0 Å². The number of pyridine rings is 1. The molecule has 0 aliphatic heterocycles. The van der Waals surface area contributed by atoms with Gasteiger partial charge in [-0.25, -0.2) is 4.98 Å². The number of halogens is 1. The van der Waals surface area contributed by atoms with Crippen molar-refractivity contribution in [1.29, 1.82) is 0 Å². The Morgan fingerprint density at radius 2 is 2.00 bits per heavy atom. The average molecular weight is 256 g/mol. The van der Waals surface area contributed by atoms with Gasteiger partial charge in [0.25, 0.3) is 0 Å². The number of hydrogen-bond donors (Lipinski definition) is 0. The van der Waals surface area contributed by atoms with Gasteiger partial charge in [-0.05, 0) is 24.5 Å². The molecule has 6 heteroatoms. The third kappa shape index (κ3) is 2.04. The minimum Gasteiger partial charge on any atom is -0.288 e. The highest BCUT2D eigenvalue weighted by Gasteiger charge is 2.26. The highest BCUT2D eigenvalue weighted by atomic mass is 32.3. The van der Waals surface area contributed by atoms with Gasteiger partial charge in [0, 0.05) is 6.20 Å². The van der Waals surface area contributed by atoms with Crippen LogP contribution < -0.4 is 0 Å². The maximum atomic E-state index is 13.3. The van der Waals surface area contributed by atoms with Crippen molar-refractivity contribution < 1.29 is 12.3 Å². The molecule has 0 aliphatic rings. The van der Waals surface area contributed by atoms with Crippen LogP contribution in [0.4, 0.5) is 3.89 Å². The highest BCUT2D eigenvalue weighted by Crippen LogP contribution is 2.26. The first kappa shape index (κ1) is 12.0. The molecule has 2 heterocycles. The van der Waals surface area contributed by atoms with E-state index in [9.17, 15) is 12.3 Å². The number of fused-ring (bicyclic) bond motifs is 1. The fourth-order valence-electron chi connectivity index (χ4n) is 1.77. The lowest BCUT2D eigenvalue weighted by molar-refractivity contribution is 0.543. The van der Waals surface area contributed by atoms with Crippen LogP contribution in [0.2, 0.25) is 0 Å². The summed E-state index contributed by atoms with van der Waals surface area (Å²) in [6.07, 6.45) is 1.57. The molecule has 0 aliphatic carbocycles. The van der Waals surface area contributed by atoms with Crippen LogP contribution in [-0.4, -0.2) is 17.8 Å². The molecule has 0 saturated heterocycles. The summed E-state index contributed by atoms with van der Waals surface area (Å²) in [5, 5.41) is -0.355. The van der Waals surface area contributed by atoms with Gasteiger partial charge >= 0.3 is 10.2 Å². The van der Waals surface area contributed by atoms with E-state index in [0.29, 0.717) is 5.65 Å². The molecule has 0 aromatic carbocycles. The van der Waals surface area contributed by atoms with E-state index < -0.39 is 10.2 Å². The Hall–Kier alpha value is -1.43. The van der Waals surface area contributed by atoms with Crippen molar-refractivity contribution in [3.63, 3.8) is 0 Å². The summed E-state index contributed by atoms with van der Waals surface area (Å²) in [6, 6.07) is 3.48. The number of nitrogens with zero attached hydrogens (tertiary/aromatic N) is 2. The van der Waals surface area contributed by atoms with E-state index in [0.717, 1.165) is 5.56 Å². The van der Waals surface area contributed by atoms with Crippen LogP contribution >= 0.6 is 0 Å². The van der Waals surface area contributed by atoms with E-state index >= 15 is 0 Å². The van der Waals surface area contributed by atoms with Crippen molar-refractivity contribution in [3.8, 4) is 0 Å². The largest absolute Gasteiger partial charge is 0.350 e. The van der Waals surface area contributed by atoms with E-state index in [1.54, 1.807) is 32.2 Å². The predicted molar refractivity (Wildman–Crippen MR) is 62.3 cm³/mol. The fraction of sp³-hybridized carbons (Fsp3) is 0.364. The van der Waals surface area contributed by atoms with Gasteiger partial charge in [-0.1, -0.05) is 23.8 Å². The van der Waals surface area contributed by atoms with E-state index in [1.165, 1.54) is 4.40 Å². The topological polar surface area (TPSA) is 51.4 Å². The second-order valence-electron chi connectivity index (χ2n) is 4.33. The molecule has 0 atom stereocenters. The quantitative estimate of drug-likeness (QED) is 0.775. The third-order valence-electron chi connectivity index (χ3n) is 2.53.